The third kappa shape index (κ3) is 26.0. The molecule has 0 aliphatic heterocycles. The van der Waals surface area contributed by atoms with E-state index in [9.17, 15) is 19.8 Å². The summed E-state index contributed by atoms with van der Waals surface area (Å²) in [5.41, 5.74) is 2.87. The van der Waals surface area contributed by atoms with Crippen molar-refractivity contribution in [2.75, 3.05) is 0 Å². The Kier molecular flexibility index (Phi) is 26.2. The topological polar surface area (TPSA) is 80.3 Å². The Bertz CT molecular complexity index is 741. The summed E-state index contributed by atoms with van der Waals surface area (Å²) < 4.78 is 0. The maximum Gasteiger partial charge on any atom is 2.00 e. The van der Waals surface area contributed by atoms with Crippen LogP contribution >= 0.6 is 0 Å². The number of aryl methyl sites for hydroxylation is 2. The minimum Gasteiger partial charge on any atom is -0.550 e. The maximum atomic E-state index is 10.2. The van der Waals surface area contributed by atoms with Crippen molar-refractivity contribution in [1.29, 1.82) is 0 Å². The molecule has 2 rings (SSSR count). The normalized spacial score (nSPS) is 10.3. The van der Waals surface area contributed by atoms with Gasteiger partial charge in [-0.05, 0) is 62.5 Å². The summed E-state index contributed by atoms with van der Waals surface area (Å²) in [6.45, 7) is 0. The van der Waals surface area contributed by atoms with Gasteiger partial charge in [0.2, 0.25) is 0 Å². The Morgan fingerprint density at radius 2 is 0.667 bits per heavy atom. The number of carboxylic acids is 2. The average Bonchev–Trinajstić information content (AvgIpc) is 2.92. The summed E-state index contributed by atoms with van der Waals surface area (Å²) in [5.74, 6) is -1.83. The van der Waals surface area contributed by atoms with E-state index in [2.05, 4.69) is 60.7 Å². The number of rotatable bonds is 22. The van der Waals surface area contributed by atoms with Crippen molar-refractivity contribution in [3.8, 4) is 0 Å². The quantitative estimate of drug-likeness (QED) is 0.110. The van der Waals surface area contributed by atoms with Crippen LogP contribution < -0.4 is 10.2 Å². The van der Waals surface area contributed by atoms with Gasteiger partial charge in [0, 0.05) is 11.9 Å². The van der Waals surface area contributed by atoms with E-state index in [0.29, 0.717) is 0 Å². The van der Waals surface area contributed by atoms with E-state index in [1.165, 1.54) is 88.2 Å². The number of hydrogen-bond donors (Lipinski definition) is 0. The third-order valence-corrected chi connectivity index (χ3v) is 6.88. The van der Waals surface area contributed by atoms with Gasteiger partial charge < -0.3 is 19.8 Å². The van der Waals surface area contributed by atoms with Gasteiger partial charge in [-0.25, -0.2) is 0 Å². The molecule has 0 unspecified atom stereocenters. The summed E-state index contributed by atoms with van der Waals surface area (Å²) in [6.07, 6.45) is 21.5. The van der Waals surface area contributed by atoms with Crippen LogP contribution in [0.15, 0.2) is 60.7 Å². The molecule has 0 saturated carbocycles. The van der Waals surface area contributed by atoms with Gasteiger partial charge >= 0.3 is 19.5 Å². The van der Waals surface area contributed by atoms with E-state index in [-0.39, 0.29) is 32.3 Å². The molecule has 39 heavy (non-hydrogen) atoms. The fraction of sp³-hybridized carbons (Fsp3) is 0.588. The van der Waals surface area contributed by atoms with E-state index in [0.717, 1.165) is 38.5 Å². The first-order valence-corrected chi connectivity index (χ1v) is 15.1. The minimum absolute atomic E-state index is 0. The summed E-state index contributed by atoms with van der Waals surface area (Å²) in [5, 5.41) is 20.4. The van der Waals surface area contributed by atoms with Crippen LogP contribution in [0.2, 0.25) is 0 Å². The van der Waals surface area contributed by atoms with Crippen molar-refractivity contribution in [2.45, 2.75) is 128 Å². The molecule has 0 saturated heterocycles. The summed E-state index contributed by atoms with van der Waals surface area (Å²) in [6, 6.07) is 21.3. The molecule has 0 spiro atoms. The van der Waals surface area contributed by atoms with E-state index in [1.54, 1.807) is 0 Å². The van der Waals surface area contributed by atoms with E-state index >= 15 is 0 Å². The van der Waals surface area contributed by atoms with Crippen LogP contribution in [-0.4, -0.2) is 11.9 Å². The SMILES string of the molecule is O=C([O-])CCCCCCCCCCc1ccccc1.O=C([O-])CCCCCCCCCCc1ccccc1.[Zn+2]. The molecule has 0 aliphatic rings. The zero-order valence-corrected chi connectivity index (χ0v) is 27.2. The monoisotopic (exact) mass is 586 g/mol. The summed E-state index contributed by atoms with van der Waals surface area (Å²) in [4.78, 5) is 20.4. The number of carbonyl (C=O) groups excluding carboxylic acids is 2. The molecule has 0 bridgehead atoms. The zero-order chi connectivity index (χ0) is 27.5. The zero-order valence-electron chi connectivity index (χ0n) is 24.3. The van der Waals surface area contributed by atoms with Crippen LogP contribution in [0.25, 0.3) is 0 Å². The molecule has 212 valence electrons. The molecule has 0 N–H and O–H groups in total. The Labute approximate surface area is 250 Å². The van der Waals surface area contributed by atoms with Crippen molar-refractivity contribution in [3.63, 3.8) is 0 Å². The Balaban J connectivity index is 0.000000722. The standard InChI is InChI=1S/2C17H26O2.Zn/c2*18-17(19)15-11-6-4-2-1-3-5-8-12-16-13-9-7-10-14-16;/h2*7,9-10,13-14H,1-6,8,11-12,15H2,(H,18,19);/q;;+2/p-2. The van der Waals surface area contributed by atoms with Crippen molar-refractivity contribution >= 4 is 11.9 Å². The average molecular weight is 588 g/mol. The molecule has 5 heteroatoms. The molecule has 2 aromatic carbocycles. The Morgan fingerprint density at radius 1 is 0.410 bits per heavy atom. The van der Waals surface area contributed by atoms with Gasteiger partial charge in [0.1, 0.15) is 0 Å². The van der Waals surface area contributed by atoms with Crippen LogP contribution in [0.3, 0.4) is 0 Å². The molecule has 0 aliphatic carbocycles. The maximum absolute atomic E-state index is 10.2. The first-order chi connectivity index (χ1) is 18.6. The molecule has 0 amide bonds. The van der Waals surface area contributed by atoms with Gasteiger partial charge in [-0.2, -0.15) is 0 Å². The minimum atomic E-state index is -0.916. The fourth-order valence-corrected chi connectivity index (χ4v) is 4.61. The molecule has 0 heterocycles. The molecular formula is C34H50O4Zn. The second-order valence-electron chi connectivity index (χ2n) is 10.4. The van der Waals surface area contributed by atoms with Gasteiger partial charge in [-0.1, -0.05) is 138 Å². The van der Waals surface area contributed by atoms with Crippen LogP contribution in [0.4, 0.5) is 0 Å². The third-order valence-electron chi connectivity index (χ3n) is 6.88. The second-order valence-corrected chi connectivity index (χ2v) is 10.4. The van der Waals surface area contributed by atoms with Crippen molar-refractivity contribution in [1.82, 2.24) is 0 Å². The predicted octanol–water partition coefficient (Wildman–Crippen LogP) is 6.98. The van der Waals surface area contributed by atoms with E-state index in [1.807, 2.05) is 0 Å². The Morgan fingerprint density at radius 3 is 0.949 bits per heavy atom. The number of carboxylic acid groups (broad SMARTS) is 2. The first kappa shape index (κ1) is 37.0. The Hall–Kier alpha value is -2.00. The van der Waals surface area contributed by atoms with Gasteiger partial charge in [0.25, 0.3) is 0 Å². The van der Waals surface area contributed by atoms with Crippen molar-refractivity contribution in [3.05, 3.63) is 71.8 Å². The van der Waals surface area contributed by atoms with Crippen LogP contribution in [0.1, 0.15) is 127 Å². The van der Waals surface area contributed by atoms with Crippen LogP contribution in [0.5, 0.6) is 0 Å². The molecular weight excluding hydrogens is 538 g/mol. The molecule has 0 radical (unpaired) electrons. The van der Waals surface area contributed by atoms with Gasteiger partial charge in [-0.15, -0.1) is 0 Å². The van der Waals surface area contributed by atoms with Gasteiger partial charge in [0.15, 0.2) is 0 Å². The van der Waals surface area contributed by atoms with E-state index < -0.39 is 11.9 Å². The predicted molar refractivity (Wildman–Crippen MR) is 153 cm³/mol. The first-order valence-electron chi connectivity index (χ1n) is 15.1. The smallest absolute Gasteiger partial charge is 0.550 e. The summed E-state index contributed by atoms with van der Waals surface area (Å²) in [7, 11) is 0. The number of hydrogen-bond acceptors (Lipinski definition) is 4. The number of benzene rings is 2. The van der Waals surface area contributed by atoms with Crippen LogP contribution in [-0.2, 0) is 41.9 Å². The molecule has 2 aromatic rings. The summed E-state index contributed by atoms with van der Waals surface area (Å²) >= 11 is 0. The molecule has 4 nitrogen and oxygen atoms in total. The fourth-order valence-electron chi connectivity index (χ4n) is 4.61. The second kappa shape index (κ2) is 27.6. The van der Waals surface area contributed by atoms with E-state index in [4.69, 9.17) is 0 Å². The van der Waals surface area contributed by atoms with Crippen LogP contribution in [0, 0.1) is 0 Å². The number of aliphatic carboxylic acids is 2. The number of unbranched alkanes of at least 4 members (excludes halogenated alkanes) is 14. The molecule has 0 fully saturated rings. The van der Waals surface area contributed by atoms with Crippen molar-refractivity contribution < 1.29 is 39.3 Å². The molecule has 0 aromatic heterocycles. The largest absolute Gasteiger partial charge is 2.00 e. The van der Waals surface area contributed by atoms with Gasteiger partial charge in [0.05, 0.1) is 0 Å². The number of carbonyl (C=O) groups is 2. The molecule has 0 atom stereocenters. The van der Waals surface area contributed by atoms with Gasteiger partial charge in [-0.3, -0.25) is 0 Å². The van der Waals surface area contributed by atoms with Crippen molar-refractivity contribution in [2.24, 2.45) is 0 Å².